The highest BCUT2D eigenvalue weighted by Gasteiger charge is 2.26. The molecule has 0 aromatic heterocycles. The van der Waals surface area contributed by atoms with Crippen molar-refractivity contribution in [3.05, 3.63) is 0 Å². The van der Waals surface area contributed by atoms with E-state index in [0.29, 0.717) is 12.1 Å². The molecule has 1 fully saturated rings. The summed E-state index contributed by atoms with van der Waals surface area (Å²) < 4.78 is 0. The normalized spacial score (nSPS) is 28.0. The maximum absolute atomic E-state index is 10.9. The molecule has 0 spiro atoms. The molecular formula is C12H24N2O2. The van der Waals surface area contributed by atoms with Gasteiger partial charge in [-0.1, -0.05) is 6.42 Å². The molecule has 0 saturated heterocycles. The Hall–Kier alpha value is -0.610. The minimum Gasteiger partial charge on any atom is -0.481 e. The SMILES string of the molecule is CC(CNC1CCCC(C(=O)O)C1)N(C)C. The zero-order valence-electron chi connectivity index (χ0n) is 10.6. The number of nitrogens with zero attached hydrogens (tertiary/aromatic N) is 1. The second-order valence-corrected chi connectivity index (χ2v) is 5.12. The number of likely N-dealkylation sites (N-methyl/N-ethyl adjacent to an activating group) is 1. The molecule has 94 valence electrons. The number of hydrogen-bond acceptors (Lipinski definition) is 3. The fourth-order valence-corrected chi connectivity index (χ4v) is 2.12. The van der Waals surface area contributed by atoms with Gasteiger partial charge in [0.15, 0.2) is 0 Å². The lowest BCUT2D eigenvalue weighted by molar-refractivity contribution is -0.143. The molecule has 0 aromatic carbocycles. The summed E-state index contributed by atoms with van der Waals surface area (Å²) in [6.07, 6.45) is 3.78. The first kappa shape index (κ1) is 13.5. The van der Waals surface area contributed by atoms with Crippen LogP contribution in [0.1, 0.15) is 32.6 Å². The average Bonchev–Trinajstić information content (AvgIpc) is 2.26. The molecule has 16 heavy (non-hydrogen) atoms. The number of hydrogen-bond donors (Lipinski definition) is 2. The van der Waals surface area contributed by atoms with Crippen LogP contribution in [0.3, 0.4) is 0 Å². The maximum atomic E-state index is 10.9. The fourth-order valence-electron chi connectivity index (χ4n) is 2.12. The second-order valence-electron chi connectivity index (χ2n) is 5.12. The van der Waals surface area contributed by atoms with Crippen molar-refractivity contribution in [3.63, 3.8) is 0 Å². The first-order valence-corrected chi connectivity index (χ1v) is 6.13. The molecular weight excluding hydrogens is 204 g/mol. The van der Waals surface area contributed by atoms with Crippen LogP contribution in [0.25, 0.3) is 0 Å². The van der Waals surface area contributed by atoms with Crippen LogP contribution < -0.4 is 5.32 Å². The van der Waals surface area contributed by atoms with Gasteiger partial charge in [0.05, 0.1) is 5.92 Å². The van der Waals surface area contributed by atoms with Gasteiger partial charge in [0.2, 0.25) is 0 Å². The van der Waals surface area contributed by atoms with Crippen LogP contribution in [0, 0.1) is 5.92 Å². The summed E-state index contributed by atoms with van der Waals surface area (Å²) in [5.74, 6) is -0.770. The third-order valence-electron chi connectivity index (χ3n) is 3.61. The Morgan fingerprint density at radius 2 is 2.19 bits per heavy atom. The Morgan fingerprint density at radius 3 is 2.75 bits per heavy atom. The number of nitrogens with one attached hydrogen (secondary N) is 1. The quantitative estimate of drug-likeness (QED) is 0.741. The first-order chi connectivity index (χ1) is 7.50. The van der Waals surface area contributed by atoms with Gasteiger partial charge >= 0.3 is 5.97 Å². The molecule has 1 aliphatic rings. The van der Waals surface area contributed by atoms with E-state index in [0.717, 1.165) is 32.2 Å². The van der Waals surface area contributed by atoms with Crippen LogP contribution in [-0.2, 0) is 4.79 Å². The Morgan fingerprint density at radius 1 is 1.50 bits per heavy atom. The maximum Gasteiger partial charge on any atom is 0.306 e. The first-order valence-electron chi connectivity index (χ1n) is 6.13. The number of aliphatic carboxylic acids is 1. The molecule has 0 aromatic rings. The zero-order chi connectivity index (χ0) is 12.1. The minimum atomic E-state index is -0.632. The predicted octanol–water partition coefficient (Wildman–Crippen LogP) is 1.17. The minimum absolute atomic E-state index is 0.138. The van der Waals surface area contributed by atoms with E-state index in [4.69, 9.17) is 5.11 Å². The highest BCUT2D eigenvalue weighted by atomic mass is 16.4. The van der Waals surface area contributed by atoms with Gasteiger partial charge in [-0.3, -0.25) is 4.79 Å². The van der Waals surface area contributed by atoms with Crippen molar-refractivity contribution >= 4 is 5.97 Å². The smallest absolute Gasteiger partial charge is 0.306 e. The molecule has 1 rings (SSSR count). The van der Waals surface area contributed by atoms with Crippen molar-refractivity contribution < 1.29 is 9.90 Å². The Labute approximate surface area is 98.0 Å². The lowest BCUT2D eigenvalue weighted by Crippen LogP contribution is -2.43. The van der Waals surface area contributed by atoms with Gasteiger partial charge in [-0.05, 0) is 40.3 Å². The van der Waals surface area contributed by atoms with Gasteiger partial charge in [0.1, 0.15) is 0 Å². The molecule has 4 heteroatoms. The Balaban J connectivity index is 2.29. The van der Waals surface area contributed by atoms with Gasteiger partial charge in [-0.2, -0.15) is 0 Å². The van der Waals surface area contributed by atoms with Crippen molar-refractivity contribution in [1.82, 2.24) is 10.2 Å². The molecule has 4 nitrogen and oxygen atoms in total. The molecule has 1 aliphatic carbocycles. The molecule has 0 bridgehead atoms. The van der Waals surface area contributed by atoms with E-state index < -0.39 is 5.97 Å². The lowest BCUT2D eigenvalue weighted by atomic mass is 9.86. The number of carboxylic acids is 1. The largest absolute Gasteiger partial charge is 0.481 e. The number of rotatable bonds is 5. The van der Waals surface area contributed by atoms with Gasteiger partial charge in [-0.25, -0.2) is 0 Å². The molecule has 2 N–H and O–H groups in total. The summed E-state index contributed by atoms with van der Waals surface area (Å²) in [6.45, 7) is 3.11. The highest BCUT2D eigenvalue weighted by Crippen LogP contribution is 2.24. The molecule has 0 aliphatic heterocycles. The Bertz CT molecular complexity index is 231. The predicted molar refractivity (Wildman–Crippen MR) is 64.5 cm³/mol. The van der Waals surface area contributed by atoms with Gasteiger partial charge in [0, 0.05) is 18.6 Å². The van der Waals surface area contributed by atoms with E-state index in [1.54, 1.807) is 0 Å². The fraction of sp³-hybridized carbons (Fsp3) is 0.917. The zero-order valence-corrected chi connectivity index (χ0v) is 10.6. The monoisotopic (exact) mass is 228 g/mol. The van der Waals surface area contributed by atoms with E-state index in [1.807, 2.05) is 0 Å². The standard InChI is InChI=1S/C12H24N2O2/c1-9(14(2)3)8-13-11-6-4-5-10(7-11)12(15)16/h9-11,13H,4-8H2,1-3H3,(H,15,16). The lowest BCUT2D eigenvalue weighted by Gasteiger charge is -2.29. The molecule has 0 heterocycles. The summed E-state index contributed by atoms with van der Waals surface area (Å²) in [4.78, 5) is 13.1. The molecule has 3 unspecified atom stereocenters. The molecule has 1 saturated carbocycles. The van der Waals surface area contributed by atoms with Gasteiger partial charge in [-0.15, -0.1) is 0 Å². The van der Waals surface area contributed by atoms with Gasteiger partial charge in [0.25, 0.3) is 0 Å². The summed E-state index contributed by atoms with van der Waals surface area (Å²) in [5.41, 5.74) is 0. The van der Waals surface area contributed by atoms with E-state index in [2.05, 4.69) is 31.2 Å². The summed E-state index contributed by atoms with van der Waals surface area (Å²) in [5, 5.41) is 12.5. The van der Waals surface area contributed by atoms with E-state index in [1.165, 1.54) is 0 Å². The third-order valence-corrected chi connectivity index (χ3v) is 3.61. The number of carbonyl (C=O) groups is 1. The number of carboxylic acid groups (broad SMARTS) is 1. The summed E-state index contributed by atoms with van der Waals surface area (Å²) >= 11 is 0. The van der Waals surface area contributed by atoms with E-state index in [9.17, 15) is 4.79 Å². The van der Waals surface area contributed by atoms with E-state index in [-0.39, 0.29) is 5.92 Å². The second kappa shape index (κ2) is 6.21. The van der Waals surface area contributed by atoms with Crippen molar-refractivity contribution in [2.45, 2.75) is 44.7 Å². The molecule has 0 amide bonds. The van der Waals surface area contributed by atoms with Crippen molar-refractivity contribution in [2.24, 2.45) is 5.92 Å². The topological polar surface area (TPSA) is 52.6 Å². The van der Waals surface area contributed by atoms with Crippen molar-refractivity contribution in [3.8, 4) is 0 Å². The summed E-state index contributed by atoms with van der Waals surface area (Å²) in [7, 11) is 4.13. The van der Waals surface area contributed by atoms with Crippen LogP contribution in [0.4, 0.5) is 0 Å². The van der Waals surface area contributed by atoms with Crippen LogP contribution >= 0.6 is 0 Å². The van der Waals surface area contributed by atoms with Crippen molar-refractivity contribution in [2.75, 3.05) is 20.6 Å². The van der Waals surface area contributed by atoms with Crippen LogP contribution in [-0.4, -0.2) is 48.7 Å². The van der Waals surface area contributed by atoms with Crippen LogP contribution in [0.15, 0.2) is 0 Å². The van der Waals surface area contributed by atoms with E-state index >= 15 is 0 Å². The van der Waals surface area contributed by atoms with Gasteiger partial charge < -0.3 is 15.3 Å². The molecule has 0 radical (unpaired) electrons. The average molecular weight is 228 g/mol. The summed E-state index contributed by atoms with van der Waals surface area (Å²) in [6, 6.07) is 0.877. The van der Waals surface area contributed by atoms with Crippen molar-refractivity contribution in [1.29, 1.82) is 0 Å². The van der Waals surface area contributed by atoms with Crippen LogP contribution in [0.5, 0.6) is 0 Å². The third kappa shape index (κ3) is 4.10. The van der Waals surface area contributed by atoms with Crippen LogP contribution in [0.2, 0.25) is 0 Å². The molecule has 3 atom stereocenters. The highest BCUT2D eigenvalue weighted by molar-refractivity contribution is 5.70. The Kier molecular flexibility index (Phi) is 5.22.